The van der Waals surface area contributed by atoms with Crippen LogP contribution in [0.25, 0.3) is 0 Å². The molecule has 0 aromatic heterocycles. The second-order valence-corrected chi connectivity index (χ2v) is 4.65. The lowest BCUT2D eigenvalue weighted by atomic mass is 10.3. The van der Waals surface area contributed by atoms with Crippen LogP contribution in [-0.2, 0) is 4.79 Å². The minimum absolute atomic E-state index is 0.00225. The number of nitrogens with one attached hydrogen (secondary N) is 2. The second kappa shape index (κ2) is 6.06. The van der Waals surface area contributed by atoms with Gasteiger partial charge in [-0.3, -0.25) is 4.79 Å². The molecular weight excluding hydrogens is 278 g/mol. The van der Waals surface area contributed by atoms with Crippen molar-refractivity contribution in [2.75, 3.05) is 11.9 Å². The highest BCUT2D eigenvalue weighted by Gasteiger charge is 2.23. The monoisotopic (exact) mass is 290 g/mol. The summed E-state index contributed by atoms with van der Waals surface area (Å²) in [5, 5.41) is 5.81. The van der Waals surface area contributed by atoms with Crippen LogP contribution in [0.1, 0.15) is 12.8 Å². The Kier molecular flexibility index (Phi) is 4.42. The largest absolute Gasteiger partial charge is 0.433 e. The van der Waals surface area contributed by atoms with E-state index in [1.165, 1.54) is 18.2 Å². The van der Waals surface area contributed by atoms with Gasteiger partial charge in [-0.25, -0.2) is 0 Å². The third-order valence-electron chi connectivity index (χ3n) is 2.54. The van der Waals surface area contributed by atoms with E-state index in [-0.39, 0.29) is 29.3 Å². The van der Waals surface area contributed by atoms with E-state index in [0.717, 1.165) is 12.8 Å². The second-order valence-electron chi connectivity index (χ2n) is 4.21. The molecule has 2 N–H and O–H groups in total. The maximum Gasteiger partial charge on any atom is 0.387 e. The van der Waals surface area contributed by atoms with Crippen molar-refractivity contribution in [1.82, 2.24) is 5.32 Å². The van der Waals surface area contributed by atoms with Gasteiger partial charge < -0.3 is 15.4 Å². The summed E-state index contributed by atoms with van der Waals surface area (Å²) in [7, 11) is 0. The Bertz CT molecular complexity index is 467. The van der Waals surface area contributed by atoms with Crippen molar-refractivity contribution >= 4 is 23.2 Å². The lowest BCUT2D eigenvalue weighted by molar-refractivity contribution is -0.119. The van der Waals surface area contributed by atoms with Gasteiger partial charge in [-0.1, -0.05) is 11.6 Å². The minimum Gasteiger partial charge on any atom is -0.433 e. The van der Waals surface area contributed by atoms with Gasteiger partial charge in [0, 0.05) is 17.1 Å². The number of halogens is 3. The van der Waals surface area contributed by atoms with E-state index in [1.54, 1.807) is 0 Å². The maximum atomic E-state index is 12.2. The lowest BCUT2D eigenvalue weighted by Gasteiger charge is -2.13. The zero-order valence-corrected chi connectivity index (χ0v) is 10.7. The van der Waals surface area contributed by atoms with Crippen LogP contribution in [-0.4, -0.2) is 25.1 Å². The van der Waals surface area contributed by atoms with Gasteiger partial charge in [0.15, 0.2) is 5.75 Å². The van der Waals surface area contributed by atoms with Crippen molar-refractivity contribution in [3.05, 3.63) is 23.2 Å². The van der Waals surface area contributed by atoms with Crippen LogP contribution in [0.5, 0.6) is 5.75 Å². The van der Waals surface area contributed by atoms with Crippen molar-refractivity contribution in [3.63, 3.8) is 0 Å². The SMILES string of the molecule is O=C(CNc1ccc(Cl)cc1OC(F)F)NC1CC1. The van der Waals surface area contributed by atoms with E-state index < -0.39 is 6.61 Å². The van der Waals surface area contributed by atoms with E-state index in [0.29, 0.717) is 5.69 Å². The average molecular weight is 291 g/mol. The fourth-order valence-corrected chi connectivity index (χ4v) is 1.68. The molecule has 1 aromatic rings. The van der Waals surface area contributed by atoms with Gasteiger partial charge in [-0.05, 0) is 25.0 Å². The number of carbonyl (C=O) groups is 1. The predicted molar refractivity (Wildman–Crippen MR) is 67.7 cm³/mol. The zero-order chi connectivity index (χ0) is 13.8. The molecule has 0 heterocycles. The molecule has 0 aliphatic heterocycles. The highest BCUT2D eigenvalue weighted by atomic mass is 35.5. The number of anilines is 1. The summed E-state index contributed by atoms with van der Waals surface area (Å²) >= 11 is 5.71. The molecule has 104 valence electrons. The summed E-state index contributed by atoms with van der Waals surface area (Å²) in [5.41, 5.74) is 0.302. The molecule has 1 aromatic carbocycles. The molecule has 0 spiro atoms. The summed E-state index contributed by atoms with van der Waals surface area (Å²) in [5.74, 6) is -0.262. The molecule has 0 unspecified atom stereocenters. The third kappa shape index (κ3) is 4.55. The topological polar surface area (TPSA) is 50.4 Å². The number of alkyl halides is 2. The molecule has 0 radical (unpaired) electrons. The number of benzene rings is 1. The highest BCUT2D eigenvalue weighted by molar-refractivity contribution is 6.30. The van der Waals surface area contributed by atoms with Gasteiger partial charge in [0.2, 0.25) is 5.91 Å². The number of carbonyl (C=O) groups excluding carboxylic acids is 1. The molecule has 0 bridgehead atoms. The fourth-order valence-electron chi connectivity index (χ4n) is 1.52. The molecule has 1 amide bonds. The quantitative estimate of drug-likeness (QED) is 0.847. The molecule has 1 aliphatic carbocycles. The highest BCUT2D eigenvalue weighted by Crippen LogP contribution is 2.29. The molecule has 19 heavy (non-hydrogen) atoms. The first-order valence-electron chi connectivity index (χ1n) is 5.82. The van der Waals surface area contributed by atoms with Gasteiger partial charge >= 0.3 is 6.61 Å². The van der Waals surface area contributed by atoms with Crippen LogP contribution >= 0.6 is 11.6 Å². The van der Waals surface area contributed by atoms with Gasteiger partial charge in [0.05, 0.1) is 12.2 Å². The Morgan fingerprint density at radius 2 is 2.21 bits per heavy atom. The standard InChI is InChI=1S/C12H13ClF2N2O2/c13-7-1-4-9(10(5-7)19-12(14)15)16-6-11(18)17-8-2-3-8/h1,4-5,8,12,16H,2-3,6H2,(H,17,18). The zero-order valence-electron chi connectivity index (χ0n) is 9.96. The van der Waals surface area contributed by atoms with Crippen LogP contribution in [0.2, 0.25) is 5.02 Å². The van der Waals surface area contributed by atoms with Crippen molar-refractivity contribution in [3.8, 4) is 5.75 Å². The van der Waals surface area contributed by atoms with Gasteiger partial charge in [-0.2, -0.15) is 8.78 Å². The molecule has 2 rings (SSSR count). The molecule has 0 atom stereocenters. The fraction of sp³-hybridized carbons (Fsp3) is 0.417. The number of rotatable bonds is 6. The Morgan fingerprint density at radius 1 is 1.47 bits per heavy atom. The molecule has 0 saturated heterocycles. The van der Waals surface area contributed by atoms with Crippen LogP contribution < -0.4 is 15.4 Å². The van der Waals surface area contributed by atoms with E-state index in [4.69, 9.17) is 11.6 Å². The van der Waals surface area contributed by atoms with E-state index in [9.17, 15) is 13.6 Å². The molecule has 1 saturated carbocycles. The van der Waals surface area contributed by atoms with Crippen LogP contribution in [0, 0.1) is 0 Å². The molecule has 1 fully saturated rings. The van der Waals surface area contributed by atoms with Crippen LogP contribution in [0.4, 0.5) is 14.5 Å². The smallest absolute Gasteiger partial charge is 0.387 e. The minimum atomic E-state index is -2.95. The van der Waals surface area contributed by atoms with E-state index in [1.807, 2.05) is 0 Å². The molecule has 1 aliphatic rings. The first kappa shape index (κ1) is 13.9. The first-order valence-corrected chi connectivity index (χ1v) is 6.20. The normalized spacial score (nSPS) is 14.3. The van der Waals surface area contributed by atoms with E-state index in [2.05, 4.69) is 15.4 Å². The Labute approximate surface area is 114 Å². The van der Waals surface area contributed by atoms with Gasteiger partial charge in [0.25, 0.3) is 0 Å². The molecular formula is C12H13ClF2N2O2. The van der Waals surface area contributed by atoms with Crippen molar-refractivity contribution in [2.24, 2.45) is 0 Å². The Hall–Kier alpha value is -1.56. The van der Waals surface area contributed by atoms with Crippen molar-refractivity contribution in [1.29, 1.82) is 0 Å². The predicted octanol–water partition coefficient (Wildman–Crippen LogP) is 2.63. The maximum absolute atomic E-state index is 12.2. The summed E-state index contributed by atoms with van der Waals surface area (Å²) < 4.78 is 28.8. The number of hydrogen-bond acceptors (Lipinski definition) is 3. The van der Waals surface area contributed by atoms with Crippen LogP contribution in [0.3, 0.4) is 0 Å². The number of amides is 1. The van der Waals surface area contributed by atoms with Crippen LogP contribution in [0.15, 0.2) is 18.2 Å². The summed E-state index contributed by atoms with van der Waals surface area (Å²) in [6.07, 6.45) is 1.98. The number of ether oxygens (including phenoxy) is 1. The summed E-state index contributed by atoms with van der Waals surface area (Å²) in [4.78, 5) is 11.5. The average Bonchev–Trinajstić information content (AvgIpc) is 3.11. The summed E-state index contributed by atoms with van der Waals surface area (Å²) in [6.45, 7) is -2.95. The van der Waals surface area contributed by atoms with Gasteiger partial charge in [-0.15, -0.1) is 0 Å². The lowest BCUT2D eigenvalue weighted by Crippen LogP contribution is -2.31. The first-order chi connectivity index (χ1) is 9.04. The van der Waals surface area contributed by atoms with Crippen molar-refractivity contribution < 1.29 is 18.3 Å². The molecule has 7 heteroatoms. The Morgan fingerprint density at radius 3 is 2.84 bits per heavy atom. The Balaban J connectivity index is 1.95. The third-order valence-corrected chi connectivity index (χ3v) is 2.78. The summed E-state index contributed by atoms with van der Waals surface area (Å²) in [6, 6.07) is 4.55. The van der Waals surface area contributed by atoms with Crippen molar-refractivity contribution in [2.45, 2.75) is 25.5 Å². The molecule has 4 nitrogen and oxygen atoms in total. The number of hydrogen-bond donors (Lipinski definition) is 2. The van der Waals surface area contributed by atoms with E-state index >= 15 is 0 Å². The van der Waals surface area contributed by atoms with Gasteiger partial charge in [0.1, 0.15) is 0 Å².